The Morgan fingerprint density at radius 1 is 1.44 bits per heavy atom. The van der Waals surface area contributed by atoms with Crippen LogP contribution in [-0.2, 0) is 6.42 Å². The Labute approximate surface area is 92.9 Å². The summed E-state index contributed by atoms with van der Waals surface area (Å²) in [7, 11) is 0. The summed E-state index contributed by atoms with van der Waals surface area (Å²) in [6, 6.07) is 4.89. The minimum absolute atomic E-state index is 0.0736. The maximum absolute atomic E-state index is 12.7. The standard InChI is InChI=1S/C11H13FN4/c1-8(13)6-10-4-5-16(15-10)11-3-2-9(12)7-14-11/h2-5,7-8H,6,13H2,1H3. The lowest BCUT2D eigenvalue weighted by atomic mass is 10.2. The number of pyridine rings is 1. The van der Waals surface area contributed by atoms with E-state index in [-0.39, 0.29) is 11.9 Å². The van der Waals surface area contributed by atoms with Gasteiger partial charge in [-0.3, -0.25) is 0 Å². The molecule has 2 aromatic rings. The van der Waals surface area contributed by atoms with Gasteiger partial charge < -0.3 is 5.73 Å². The lowest BCUT2D eigenvalue weighted by Gasteiger charge is -2.01. The highest BCUT2D eigenvalue weighted by Crippen LogP contribution is 2.06. The summed E-state index contributed by atoms with van der Waals surface area (Å²) >= 11 is 0. The Kier molecular flexibility index (Phi) is 2.96. The zero-order valence-electron chi connectivity index (χ0n) is 8.97. The summed E-state index contributed by atoms with van der Waals surface area (Å²) in [6.45, 7) is 1.93. The highest BCUT2D eigenvalue weighted by Gasteiger charge is 2.04. The average Bonchev–Trinajstić information content (AvgIpc) is 2.66. The number of nitrogens with two attached hydrogens (primary N) is 1. The maximum Gasteiger partial charge on any atom is 0.153 e. The monoisotopic (exact) mass is 220 g/mol. The third-order valence-electron chi connectivity index (χ3n) is 2.12. The van der Waals surface area contributed by atoms with Crippen LogP contribution in [0.1, 0.15) is 12.6 Å². The van der Waals surface area contributed by atoms with Crippen LogP contribution in [0, 0.1) is 5.82 Å². The third-order valence-corrected chi connectivity index (χ3v) is 2.12. The maximum atomic E-state index is 12.7. The van der Waals surface area contributed by atoms with Crippen molar-refractivity contribution >= 4 is 0 Å². The summed E-state index contributed by atoms with van der Waals surface area (Å²) in [5, 5.41) is 4.30. The number of nitrogens with zero attached hydrogens (tertiary/aromatic N) is 3. The molecule has 1 unspecified atom stereocenters. The van der Waals surface area contributed by atoms with Crippen LogP contribution in [0.25, 0.3) is 5.82 Å². The van der Waals surface area contributed by atoms with Crippen LogP contribution in [0.4, 0.5) is 4.39 Å². The fraction of sp³-hybridized carbons (Fsp3) is 0.273. The topological polar surface area (TPSA) is 56.7 Å². The smallest absolute Gasteiger partial charge is 0.153 e. The highest BCUT2D eigenvalue weighted by atomic mass is 19.1. The zero-order chi connectivity index (χ0) is 11.5. The first-order valence-corrected chi connectivity index (χ1v) is 5.07. The lowest BCUT2D eigenvalue weighted by Crippen LogP contribution is -2.18. The zero-order valence-corrected chi connectivity index (χ0v) is 8.97. The van der Waals surface area contributed by atoms with E-state index in [0.717, 1.165) is 5.69 Å². The first kappa shape index (κ1) is 10.8. The van der Waals surface area contributed by atoms with Gasteiger partial charge in [-0.25, -0.2) is 14.1 Å². The molecule has 0 aliphatic carbocycles. The average molecular weight is 220 g/mol. The molecule has 5 heteroatoms. The van der Waals surface area contributed by atoms with Crippen molar-refractivity contribution in [2.24, 2.45) is 5.73 Å². The molecule has 84 valence electrons. The van der Waals surface area contributed by atoms with Crippen molar-refractivity contribution in [2.45, 2.75) is 19.4 Å². The normalized spacial score (nSPS) is 12.7. The van der Waals surface area contributed by atoms with Gasteiger partial charge in [0.1, 0.15) is 5.82 Å². The van der Waals surface area contributed by atoms with Gasteiger partial charge in [0.2, 0.25) is 0 Å². The Hall–Kier alpha value is -1.75. The predicted octanol–water partition coefficient (Wildman–Crippen LogP) is 1.30. The van der Waals surface area contributed by atoms with E-state index in [9.17, 15) is 4.39 Å². The second kappa shape index (κ2) is 4.40. The van der Waals surface area contributed by atoms with Crippen LogP contribution >= 0.6 is 0 Å². The molecular formula is C11H13FN4. The molecule has 2 aromatic heterocycles. The first-order valence-electron chi connectivity index (χ1n) is 5.07. The molecule has 2 heterocycles. The van der Waals surface area contributed by atoms with Gasteiger partial charge in [0.15, 0.2) is 5.82 Å². The van der Waals surface area contributed by atoms with Gasteiger partial charge in [0, 0.05) is 18.7 Å². The summed E-state index contributed by atoms with van der Waals surface area (Å²) in [4.78, 5) is 3.94. The van der Waals surface area contributed by atoms with Crippen molar-refractivity contribution in [3.8, 4) is 5.82 Å². The SMILES string of the molecule is CC(N)Cc1ccn(-c2ccc(F)cn2)n1. The van der Waals surface area contributed by atoms with Gasteiger partial charge >= 0.3 is 0 Å². The number of rotatable bonds is 3. The molecule has 0 amide bonds. The molecule has 0 aliphatic heterocycles. The summed E-state index contributed by atoms with van der Waals surface area (Å²) in [6.07, 6.45) is 3.67. The van der Waals surface area contributed by atoms with E-state index in [1.807, 2.05) is 13.0 Å². The minimum Gasteiger partial charge on any atom is -0.328 e. The Bertz CT molecular complexity index is 461. The largest absolute Gasteiger partial charge is 0.328 e. The van der Waals surface area contributed by atoms with Gasteiger partial charge in [-0.05, 0) is 25.1 Å². The molecule has 0 aliphatic rings. The van der Waals surface area contributed by atoms with Crippen LogP contribution in [-0.4, -0.2) is 20.8 Å². The molecule has 1 atom stereocenters. The molecular weight excluding hydrogens is 207 g/mol. The van der Waals surface area contributed by atoms with Gasteiger partial charge in [-0.15, -0.1) is 0 Å². The molecule has 0 saturated carbocycles. The molecule has 2 rings (SSSR count). The molecule has 0 bridgehead atoms. The summed E-state index contributed by atoms with van der Waals surface area (Å²) < 4.78 is 14.3. The molecule has 0 spiro atoms. The van der Waals surface area contributed by atoms with Crippen molar-refractivity contribution < 1.29 is 4.39 Å². The van der Waals surface area contributed by atoms with Gasteiger partial charge in [0.05, 0.1) is 11.9 Å². The molecule has 2 N–H and O–H groups in total. The number of hydrogen-bond acceptors (Lipinski definition) is 3. The fourth-order valence-electron chi connectivity index (χ4n) is 1.43. The molecule has 0 radical (unpaired) electrons. The number of hydrogen-bond donors (Lipinski definition) is 1. The number of halogens is 1. The van der Waals surface area contributed by atoms with E-state index in [1.54, 1.807) is 16.9 Å². The van der Waals surface area contributed by atoms with Crippen molar-refractivity contribution in [3.05, 3.63) is 42.1 Å². The van der Waals surface area contributed by atoms with Gasteiger partial charge in [-0.1, -0.05) is 0 Å². The van der Waals surface area contributed by atoms with Gasteiger partial charge in [-0.2, -0.15) is 5.10 Å². The minimum atomic E-state index is -0.355. The molecule has 4 nitrogen and oxygen atoms in total. The van der Waals surface area contributed by atoms with E-state index in [0.29, 0.717) is 12.2 Å². The number of aromatic nitrogens is 3. The van der Waals surface area contributed by atoms with Crippen LogP contribution < -0.4 is 5.73 Å². The van der Waals surface area contributed by atoms with E-state index < -0.39 is 0 Å². The van der Waals surface area contributed by atoms with Crippen LogP contribution in [0.3, 0.4) is 0 Å². The van der Waals surface area contributed by atoms with E-state index in [1.165, 1.54) is 12.3 Å². The van der Waals surface area contributed by atoms with Gasteiger partial charge in [0.25, 0.3) is 0 Å². The van der Waals surface area contributed by atoms with Crippen molar-refractivity contribution in [1.29, 1.82) is 0 Å². The molecule has 16 heavy (non-hydrogen) atoms. The third kappa shape index (κ3) is 2.43. The Balaban J connectivity index is 2.21. The summed E-state index contributed by atoms with van der Waals surface area (Å²) in [5.74, 6) is 0.240. The first-order chi connectivity index (χ1) is 7.65. The van der Waals surface area contributed by atoms with Crippen LogP contribution in [0.15, 0.2) is 30.6 Å². The predicted molar refractivity (Wildman–Crippen MR) is 58.7 cm³/mol. The molecule has 0 saturated heterocycles. The van der Waals surface area contributed by atoms with E-state index >= 15 is 0 Å². The summed E-state index contributed by atoms with van der Waals surface area (Å²) in [5.41, 5.74) is 6.58. The van der Waals surface area contributed by atoms with Crippen LogP contribution in [0.5, 0.6) is 0 Å². The molecule has 0 fully saturated rings. The molecule has 0 aromatic carbocycles. The Morgan fingerprint density at radius 3 is 2.88 bits per heavy atom. The van der Waals surface area contributed by atoms with Crippen molar-refractivity contribution in [3.63, 3.8) is 0 Å². The second-order valence-electron chi connectivity index (χ2n) is 3.77. The van der Waals surface area contributed by atoms with Crippen LogP contribution in [0.2, 0.25) is 0 Å². The second-order valence-corrected chi connectivity index (χ2v) is 3.77. The fourth-order valence-corrected chi connectivity index (χ4v) is 1.43. The van der Waals surface area contributed by atoms with Crippen molar-refractivity contribution in [1.82, 2.24) is 14.8 Å². The lowest BCUT2D eigenvalue weighted by molar-refractivity contribution is 0.618. The Morgan fingerprint density at radius 2 is 2.25 bits per heavy atom. The van der Waals surface area contributed by atoms with E-state index in [2.05, 4.69) is 10.1 Å². The van der Waals surface area contributed by atoms with Crippen molar-refractivity contribution in [2.75, 3.05) is 0 Å². The quantitative estimate of drug-likeness (QED) is 0.848. The highest BCUT2D eigenvalue weighted by molar-refractivity contribution is 5.21. The van der Waals surface area contributed by atoms with E-state index in [4.69, 9.17) is 5.73 Å².